The molecule has 5 N–H and O–H groups in total. The van der Waals surface area contributed by atoms with Crippen LogP contribution >= 0.6 is 0 Å². The van der Waals surface area contributed by atoms with Gasteiger partial charge in [-0.15, -0.1) is 0 Å². The Bertz CT molecular complexity index is 105. The highest BCUT2D eigenvalue weighted by atomic mass is 16.4. The van der Waals surface area contributed by atoms with Crippen molar-refractivity contribution >= 4 is 0 Å². The molecule has 0 aromatic carbocycles. The number of hydrogen-bond donors (Lipinski definition) is 5. The average Bonchev–Trinajstić information content (AvgIpc) is 2.00. The summed E-state index contributed by atoms with van der Waals surface area (Å²) in [6, 6.07) is 0. The van der Waals surface area contributed by atoms with Crippen molar-refractivity contribution in [1.29, 1.82) is 0 Å². The van der Waals surface area contributed by atoms with Crippen LogP contribution in [0.3, 0.4) is 0 Å². The van der Waals surface area contributed by atoms with Gasteiger partial charge in [-0.3, -0.25) is 0 Å². The summed E-state index contributed by atoms with van der Waals surface area (Å²) in [5, 5.41) is 43.2. The van der Waals surface area contributed by atoms with E-state index in [1.807, 2.05) is 0 Å². The molecule has 4 atom stereocenters. The molecule has 0 saturated carbocycles. The molecule has 0 bridgehead atoms. The predicted molar refractivity (Wildman–Crippen MR) is 35.4 cm³/mol. The quantitative estimate of drug-likeness (QED) is 0.307. The molecule has 0 fully saturated rings. The molecule has 5 nitrogen and oxygen atoms in total. The summed E-state index contributed by atoms with van der Waals surface area (Å²) >= 11 is 0. The molecule has 0 aromatic heterocycles. The van der Waals surface area contributed by atoms with Crippen molar-refractivity contribution in [3.05, 3.63) is 6.92 Å². The van der Waals surface area contributed by atoms with Crippen molar-refractivity contribution in [2.75, 3.05) is 6.61 Å². The van der Waals surface area contributed by atoms with E-state index >= 15 is 0 Å². The van der Waals surface area contributed by atoms with Gasteiger partial charge in [-0.25, -0.2) is 0 Å². The first kappa shape index (κ1) is 10.8. The molecular formula is C6H12O5. The maximum Gasteiger partial charge on any atom is 0.110 e. The molecule has 0 unspecified atom stereocenters. The average molecular weight is 164 g/mol. The van der Waals surface area contributed by atoms with Gasteiger partial charge in [0.1, 0.15) is 18.3 Å². The van der Waals surface area contributed by atoms with Gasteiger partial charge in [0.25, 0.3) is 0 Å². The molecule has 0 aliphatic carbocycles. The van der Waals surface area contributed by atoms with Gasteiger partial charge in [-0.05, 0) is 6.92 Å². The van der Waals surface area contributed by atoms with Crippen LogP contribution in [0.15, 0.2) is 0 Å². The molecule has 2 radical (unpaired) electrons. The number of hydrogen-bond acceptors (Lipinski definition) is 5. The smallest absolute Gasteiger partial charge is 0.110 e. The number of aliphatic hydroxyl groups is 5. The lowest BCUT2D eigenvalue weighted by atomic mass is 10.1. The van der Waals surface area contributed by atoms with Gasteiger partial charge in [0.15, 0.2) is 0 Å². The molecule has 5 heteroatoms. The van der Waals surface area contributed by atoms with Crippen LogP contribution in [0.4, 0.5) is 0 Å². The van der Waals surface area contributed by atoms with Crippen LogP contribution in [0.2, 0.25) is 0 Å². The van der Waals surface area contributed by atoms with E-state index in [2.05, 4.69) is 0 Å². The van der Waals surface area contributed by atoms with Crippen LogP contribution < -0.4 is 0 Å². The Morgan fingerprint density at radius 1 is 1.00 bits per heavy atom. The van der Waals surface area contributed by atoms with E-state index in [1.165, 1.54) is 0 Å². The second kappa shape index (κ2) is 4.63. The highest BCUT2D eigenvalue weighted by molar-refractivity contribution is 4.81. The summed E-state index contributed by atoms with van der Waals surface area (Å²) in [5.41, 5.74) is 0. The van der Waals surface area contributed by atoms with E-state index in [1.54, 1.807) is 0 Å². The van der Waals surface area contributed by atoms with Crippen molar-refractivity contribution in [2.24, 2.45) is 0 Å². The van der Waals surface area contributed by atoms with E-state index in [0.29, 0.717) is 0 Å². The van der Waals surface area contributed by atoms with E-state index < -0.39 is 31.0 Å². The Balaban J connectivity index is 3.90. The lowest BCUT2D eigenvalue weighted by molar-refractivity contribution is -0.105. The van der Waals surface area contributed by atoms with Crippen molar-refractivity contribution < 1.29 is 25.5 Å². The van der Waals surface area contributed by atoms with Gasteiger partial charge in [0.05, 0.1) is 12.7 Å². The monoisotopic (exact) mass is 164 g/mol. The van der Waals surface area contributed by atoms with Gasteiger partial charge >= 0.3 is 0 Å². The third-order valence-electron chi connectivity index (χ3n) is 1.28. The molecule has 0 spiro atoms. The van der Waals surface area contributed by atoms with Gasteiger partial charge in [-0.1, -0.05) is 0 Å². The Kier molecular flexibility index (Phi) is 4.55. The first-order valence-corrected chi connectivity index (χ1v) is 3.09. The van der Waals surface area contributed by atoms with Crippen LogP contribution in [0.5, 0.6) is 0 Å². The van der Waals surface area contributed by atoms with Crippen molar-refractivity contribution in [1.82, 2.24) is 0 Å². The summed E-state index contributed by atoms with van der Waals surface area (Å²) in [7, 11) is 0. The highest BCUT2D eigenvalue weighted by Crippen LogP contribution is 2.03. The zero-order chi connectivity index (χ0) is 9.02. The van der Waals surface area contributed by atoms with Gasteiger partial charge in [0.2, 0.25) is 0 Å². The molecule has 0 aromatic rings. The van der Waals surface area contributed by atoms with Crippen LogP contribution in [-0.2, 0) is 0 Å². The van der Waals surface area contributed by atoms with Gasteiger partial charge < -0.3 is 25.5 Å². The summed E-state index contributed by atoms with van der Waals surface area (Å²) < 4.78 is 0. The van der Waals surface area contributed by atoms with Crippen molar-refractivity contribution in [3.8, 4) is 0 Å². The topological polar surface area (TPSA) is 101 Å². The van der Waals surface area contributed by atoms with Crippen LogP contribution in [0.25, 0.3) is 0 Å². The Morgan fingerprint density at radius 2 is 1.45 bits per heavy atom. The van der Waals surface area contributed by atoms with Gasteiger partial charge in [-0.2, -0.15) is 0 Å². The summed E-state index contributed by atoms with van der Waals surface area (Å²) in [4.78, 5) is 0. The minimum atomic E-state index is -1.66. The standard InChI is InChI=1S/C6H12O5/c1-3(8)5(10)6(11)4(9)2-7/h1,3-11H,2H2/t3-,4+,5+,6+/m0/s1. The lowest BCUT2D eigenvalue weighted by Crippen LogP contribution is -2.44. The second-order valence-corrected chi connectivity index (χ2v) is 2.22. The molecule has 0 amide bonds. The van der Waals surface area contributed by atoms with Crippen molar-refractivity contribution in [3.63, 3.8) is 0 Å². The fraction of sp³-hybridized carbons (Fsp3) is 0.833. The first-order chi connectivity index (χ1) is 5.00. The normalized spacial score (nSPS) is 22.4. The third-order valence-corrected chi connectivity index (χ3v) is 1.28. The molecule has 0 saturated heterocycles. The molecule has 0 aliphatic rings. The second-order valence-electron chi connectivity index (χ2n) is 2.22. The first-order valence-electron chi connectivity index (χ1n) is 3.09. The fourth-order valence-electron chi connectivity index (χ4n) is 0.538. The Morgan fingerprint density at radius 3 is 1.73 bits per heavy atom. The Hall–Kier alpha value is -0.200. The van der Waals surface area contributed by atoms with E-state index in [-0.39, 0.29) is 0 Å². The third kappa shape index (κ3) is 3.13. The minimum Gasteiger partial charge on any atom is -0.394 e. The van der Waals surface area contributed by atoms with Crippen LogP contribution in [0, 0.1) is 6.92 Å². The van der Waals surface area contributed by atoms with Crippen LogP contribution in [0.1, 0.15) is 0 Å². The lowest BCUT2D eigenvalue weighted by Gasteiger charge is -2.22. The van der Waals surface area contributed by atoms with Crippen LogP contribution in [-0.4, -0.2) is 56.6 Å². The zero-order valence-corrected chi connectivity index (χ0v) is 5.83. The van der Waals surface area contributed by atoms with E-state index in [9.17, 15) is 0 Å². The van der Waals surface area contributed by atoms with Crippen molar-refractivity contribution in [2.45, 2.75) is 24.4 Å². The molecule has 0 rings (SSSR count). The minimum absolute atomic E-state index is 0.703. The molecule has 0 aliphatic heterocycles. The summed E-state index contributed by atoms with van der Waals surface area (Å²) in [6.07, 6.45) is -6.42. The maximum atomic E-state index is 8.86. The largest absolute Gasteiger partial charge is 0.394 e. The SMILES string of the molecule is [CH][C@H](O)[C@@H](O)[C@H](O)[C@H](O)CO. The summed E-state index contributed by atoms with van der Waals surface area (Å²) in [6.45, 7) is 4.08. The molecule has 66 valence electrons. The number of aliphatic hydroxyl groups excluding tert-OH is 5. The van der Waals surface area contributed by atoms with E-state index in [0.717, 1.165) is 0 Å². The highest BCUT2D eigenvalue weighted by Gasteiger charge is 2.27. The molecule has 0 heterocycles. The predicted octanol–water partition coefficient (Wildman–Crippen LogP) is -2.87. The number of rotatable bonds is 4. The summed E-state index contributed by atoms with van der Waals surface area (Å²) in [5.74, 6) is 0. The van der Waals surface area contributed by atoms with Gasteiger partial charge in [0, 0.05) is 0 Å². The van der Waals surface area contributed by atoms with E-state index in [4.69, 9.17) is 32.5 Å². The maximum absolute atomic E-state index is 8.86. The zero-order valence-electron chi connectivity index (χ0n) is 5.83. The fourth-order valence-corrected chi connectivity index (χ4v) is 0.538. The molecular weight excluding hydrogens is 152 g/mol. The molecule has 11 heavy (non-hydrogen) atoms. The Labute approximate surface area is 64.5 Å².